The molecule has 3 nitrogen and oxygen atoms in total. The summed E-state index contributed by atoms with van der Waals surface area (Å²) in [6.07, 6.45) is 0. The minimum Gasteiger partial charge on any atom is -0.322 e. The number of nitrogens with two attached hydrogens (primary N) is 1. The third-order valence-electron chi connectivity index (χ3n) is 2.06. The molecule has 0 amide bonds. The molecule has 0 spiro atoms. The first-order chi connectivity index (χ1) is 7.09. The second-order valence-corrected chi connectivity index (χ2v) is 4.06. The molecule has 0 saturated heterocycles. The van der Waals surface area contributed by atoms with Crippen LogP contribution in [0.1, 0.15) is 18.8 Å². The number of hydrogen-bond donors (Lipinski definition) is 1. The summed E-state index contributed by atoms with van der Waals surface area (Å²) >= 11 is 12.0. The van der Waals surface area contributed by atoms with Crippen LogP contribution in [-0.2, 0) is 0 Å². The summed E-state index contributed by atoms with van der Waals surface area (Å²) in [7, 11) is 0. The highest BCUT2D eigenvalue weighted by molar-refractivity contribution is 6.38. The van der Waals surface area contributed by atoms with Crippen LogP contribution >= 0.6 is 23.2 Å². The summed E-state index contributed by atoms with van der Waals surface area (Å²) < 4.78 is 0. The van der Waals surface area contributed by atoms with Gasteiger partial charge in [-0.15, -0.1) is 0 Å². The molecule has 0 aliphatic carbocycles. The third-order valence-corrected chi connectivity index (χ3v) is 2.65. The Balaban J connectivity index is 2.80. The van der Waals surface area contributed by atoms with Gasteiger partial charge < -0.3 is 5.73 Å². The lowest BCUT2D eigenvalue weighted by Gasteiger charge is -2.07. The van der Waals surface area contributed by atoms with Crippen molar-refractivity contribution >= 4 is 34.1 Å². The Labute approximate surface area is 97.2 Å². The second kappa shape index (κ2) is 3.93. The number of benzene rings is 1. The molecule has 0 fully saturated rings. The van der Waals surface area contributed by atoms with Gasteiger partial charge in [-0.25, -0.2) is 9.97 Å². The van der Waals surface area contributed by atoms with Crippen molar-refractivity contribution in [1.29, 1.82) is 0 Å². The molecule has 2 aromatic rings. The maximum Gasteiger partial charge on any atom is 0.147 e. The van der Waals surface area contributed by atoms with E-state index in [4.69, 9.17) is 28.9 Å². The van der Waals surface area contributed by atoms with Gasteiger partial charge >= 0.3 is 0 Å². The summed E-state index contributed by atoms with van der Waals surface area (Å²) in [5.74, 6) is 0.501. The number of halogens is 2. The standard InChI is InChI=1S/C10H9Cl2N3/c1-5(13)10-14-8-6(9(12)15-10)3-2-4-7(8)11/h2-5H,13H2,1H3. The predicted octanol–water partition coefficient (Wildman–Crippen LogP) is 2.96. The average molecular weight is 242 g/mol. The van der Waals surface area contributed by atoms with Crippen molar-refractivity contribution in [3.8, 4) is 0 Å². The van der Waals surface area contributed by atoms with Crippen molar-refractivity contribution in [2.24, 2.45) is 5.73 Å². The highest BCUT2D eigenvalue weighted by atomic mass is 35.5. The zero-order chi connectivity index (χ0) is 11.0. The molecule has 0 radical (unpaired) electrons. The van der Waals surface area contributed by atoms with E-state index in [1.54, 1.807) is 13.0 Å². The number of para-hydroxylation sites is 1. The maximum atomic E-state index is 6.02. The molecule has 78 valence electrons. The van der Waals surface area contributed by atoms with Crippen molar-refractivity contribution < 1.29 is 0 Å². The summed E-state index contributed by atoms with van der Waals surface area (Å²) in [6, 6.07) is 5.14. The van der Waals surface area contributed by atoms with E-state index in [2.05, 4.69) is 9.97 Å². The fraction of sp³-hybridized carbons (Fsp3) is 0.200. The minimum absolute atomic E-state index is 0.261. The van der Waals surface area contributed by atoms with Crippen LogP contribution in [0.25, 0.3) is 10.9 Å². The van der Waals surface area contributed by atoms with Crippen LogP contribution < -0.4 is 5.73 Å². The molecule has 1 aromatic heterocycles. The Hall–Kier alpha value is -0.900. The number of hydrogen-bond acceptors (Lipinski definition) is 3. The maximum absolute atomic E-state index is 6.02. The number of nitrogens with zero attached hydrogens (tertiary/aromatic N) is 2. The predicted molar refractivity (Wildman–Crippen MR) is 62.2 cm³/mol. The number of rotatable bonds is 1. The average Bonchev–Trinajstić information content (AvgIpc) is 2.19. The summed E-state index contributed by atoms with van der Waals surface area (Å²) in [4.78, 5) is 8.40. The summed E-state index contributed by atoms with van der Waals surface area (Å²) in [5.41, 5.74) is 6.34. The lowest BCUT2D eigenvalue weighted by Crippen LogP contribution is -2.10. The molecule has 1 heterocycles. The Kier molecular flexibility index (Phi) is 2.78. The molecule has 0 aliphatic heterocycles. The van der Waals surface area contributed by atoms with Crippen LogP contribution in [0.4, 0.5) is 0 Å². The Bertz CT molecular complexity index is 511. The van der Waals surface area contributed by atoms with Gasteiger partial charge in [-0.2, -0.15) is 0 Å². The van der Waals surface area contributed by atoms with Gasteiger partial charge in [0.05, 0.1) is 16.6 Å². The van der Waals surface area contributed by atoms with E-state index >= 15 is 0 Å². The molecule has 5 heteroatoms. The molecule has 2 rings (SSSR count). The first-order valence-corrected chi connectivity index (χ1v) is 5.22. The van der Waals surface area contributed by atoms with E-state index < -0.39 is 0 Å². The van der Waals surface area contributed by atoms with Crippen LogP contribution in [0, 0.1) is 0 Å². The summed E-state index contributed by atoms with van der Waals surface area (Å²) in [5, 5.41) is 1.68. The van der Waals surface area contributed by atoms with Crippen molar-refractivity contribution in [2.45, 2.75) is 13.0 Å². The fourth-order valence-corrected chi connectivity index (χ4v) is 1.76. The molecule has 0 aliphatic rings. The Morgan fingerprint density at radius 1 is 1.27 bits per heavy atom. The highest BCUT2D eigenvalue weighted by Crippen LogP contribution is 2.27. The molecule has 15 heavy (non-hydrogen) atoms. The molecule has 1 aromatic carbocycles. The van der Waals surface area contributed by atoms with E-state index in [0.717, 1.165) is 5.39 Å². The van der Waals surface area contributed by atoms with Gasteiger partial charge in [-0.1, -0.05) is 29.3 Å². The van der Waals surface area contributed by atoms with Crippen LogP contribution in [0.2, 0.25) is 10.2 Å². The molecule has 0 bridgehead atoms. The van der Waals surface area contributed by atoms with Crippen LogP contribution in [0.3, 0.4) is 0 Å². The van der Waals surface area contributed by atoms with Crippen molar-refractivity contribution in [3.63, 3.8) is 0 Å². The van der Waals surface area contributed by atoms with Gasteiger partial charge in [0.25, 0.3) is 0 Å². The molecule has 1 atom stereocenters. The minimum atomic E-state index is -0.261. The first kappa shape index (κ1) is 10.6. The normalized spacial score (nSPS) is 13.1. The van der Waals surface area contributed by atoms with Crippen molar-refractivity contribution in [1.82, 2.24) is 9.97 Å². The van der Waals surface area contributed by atoms with Gasteiger partial charge in [0, 0.05) is 5.39 Å². The molecular formula is C10H9Cl2N3. The Morgan fingerprint density at radius 2 is 2.00 bits per heavy atom. The molecule has 2 N–H and O–H groups in total. The Morgan fingerprint density at radius 3 is 2.67 bits per heavy atom. The third kappa shape index (κ3) is 1.91. The lowest BCUT2D eigenvalue weighted by atomic mass is 10.2. The largest absolute Gasteiger partial charge is 0.322 e. The van der Waals surface area contributed by atoms with E-state index in [-0.39, 0.29) is 6.04 Å². The van der Waals surface area contributed by atoms with Crippen molar-refractivity contribution in [2.75, 3.05) is 0 Å². The van der Waals surface area contributed by atoms with Crippen LogP contribution in [-0.4, -0.2) is 9.97 Å². The van der Waals surface area contributed by atoms with E-state index in [1.807, 2.05) is 12.1 Å². The van der Waals surface area contributed by atoms with Gasteiger partial charge in [0.2, 0.25) is 0 Å². The molecular weight excluding hydrogens is 233 g/mol. The summed E-state index contributed by atoms with van der Waals surface area (Å²) in [6.45, 7) is 1.80. The second-order valence-electron chi connectivity index (χ2n) is 3.30. The zero-order valence-electron chi connectivity index (χ0n) is 8.04. The van der Waals surface area contributed by atoms with E-state index in [0.29, 0.717) is 21.5 Å². The molecule has 1 unspecified atom stereocenters. The quantitative estimate of drug-likeness (QED) is 0.782. The monoisotopic (exact) mass is 241 g/mol. The molecule has 0 saturated carbocycles. The van der Waals surface area contributed by atoms with Gasteiger partial charge in [-0.3, -0.25) is 0 Å². The first-order valence-electron chi connectivity index (χ1n) is 4.47. The van der Waals surface area contributed by atoms with Gasteiger partial charge in [0.15, 0.2) is 0 Å². The number of fused-ring (bicyclic) bond motifs is 1. The smallest absolute Gasteiger partial charge is 0.147 e. The fourth-order valence-electron chi connectivity index (χ4n) is 1.30. The highest BCUT2D eigenvalue weighted by Gasteiger charge is 2.10. The zero-order valence-corrected chi connectivity index (χ0v) is 9.55. The lowest BCUT2D eigenvalue weighted by molar-refractivity contribution is 0.746. The van der Waals surface area contributed by atoms with Crippen molar-refractivity contribution in [3.05, 3.63) is 34.2 Å². The topological polar surface area (TPSA) is 51.8 Å². The van der Waals surface area contributed by atoms with Gasteiger partial charge in [0.1, 0.15) is 11.0 Å². The SMILES string of the molecule is CC(N)c1nc(Cl)c2cccc(Cl)c2n1. The van der Waals surface area contributed by atoms with E-state index in [1.165, 1.54) is 0 Å². The van der Waals surface area contributed by atoms with Crippen LogP contribution in [0.15, 0.2) is 18.2 Å². The number of aromatic nitrogens is 2. The van der Waals surface area contributed by atoms with E-state index in [9.17, 15) is 0 Å². The van der Waals surface area contributed by atoms with Gasteiger partial charge in [-0.05, 0) is 19.1 Å². The van der Waals surface area contributed by atoms with Crippen LogP contribution in [0.5, 0.6) is 0 Å².